The second-order valence-electron chi connectivity index (χ2n) is 11.4. The molecule has 3 aromatic rings. The van der Waals surface area contributed by atoms with Gasteiger partial charge >= 0.3 is 0 Å². The molecule has 2 atom stereocenters. The van der Waals surface area contributed by atoms with Gasteiger partial charge in [-0.05, 0) is 54.3 Å². The molecule has 12 heteroatoms. The van der Waals surface area contributed by atoms with Gasteiger partial charge in [-0.1, -0.05) is 82.8 Å². The monoisotopic (exact) mass is 676 g/mol. The number of ether oxygens (including phenoxy) is 2. The third kappa shape index (κ3) is 7.66. The first-order valence-corrected chi connectivity index (χ1v) is 15.9. The van der Waals surface area contributed by atoms with Gasteiger partial charge in [0, 0.05) is 52.2 Å². The Labute approximate surface area is 270 Å². The lowest BCUT2D eigenvalue weighted by Gasteiger charge is -2.34. The number of hydrogen-bond donors (Lipinski definition) is 4. The number of hydrogen-bond acceptors (Lipinski definition) is 8. The molecule has 3 aromatic carbocycles. The molecule has 1 aliphatic carbocycles. The molecule has 236 valence electrons. The molecule has 11 nitrogen and oxygen atoms in total. The standard InChI is InChI=1S/C33H37BrN6O5/c34-27-11-4-2-9-24(27)21-33(31(42)39-36-22-32(43)17-6-1-7-18-32)29(26-10-3-5-12-28(26)38-40-35)45-30(37-33)23-13-15-25(16-14-23)44-20-8-19-41/h2-5,9-16,29,36,41,43H,1,6-8,17-22H2,(H,39,42)/t29-,33-/m0/s1. The summed E-state index contributed by atoms with van der Waals surface area (Å²) in [6, 6.07) is 21.7. The van der Waals surface area contributed by atoms with Gasteiger partial charge in [0.15, 0.2) is 11.6 Å². The van der Waals surface area contributed by atoms with Crippen molar-refractivity contribution in [2.45, 2.75) is 62.2 Å². The predicted octanol–water partition coefficient (Wildman–Crippen LogP) is 5.97. The van der Waals surface area contributed by atoms with Crippen LogP contribution in [0.25, 0.3) is 10.4 Å². The molecule has 1 saturated carbocycles. The molecule has 1 fully saturated rings. The molecule has 45 heavy (non-hydrogen) atoms. The molecule has 0 spiro atoms. The SMILES string of the molecule is [N-]=[N+]=Nc1ccccc1[C@@H]1OC(c2ccc(OCCCO)cc2)=N[C@]1(Cc1ccccc1Br)C(=O)NNCC1(O)CCCCC1. The van der Waals surface area contributed by atoms with E-state index in [1.54, 1.807) is 48.5 Å². The van der Waals surface area contributed by atoms with Gasteiger partial charge in [0.1, 0.15) is 5.75 Å². The Morgan fingerprint density at radius 3 is 2.56 bits per heavy atom. The van der Waals surface area contributed by atoms with Gasteiger partial charge in [-0.2, -0.15) is 0 Å². The molecule has 1 amide bonds. The van der Waals surface area contributed by atoms with E-state index >= 15 is 0 Å². The number of benzene rings is 3. The van der Waals surface area contributed by atoms with Gasteiger partial charge in [-0.15, -0.1) is 0 Å². The highest BCUT2D eigenvalue weighted by Crippen LogP contribution is 2.46. The van der Waals surface area contributed by atoms with Crippen LogP contribution in [-0.4, -0.2) is 52.9 Å². The summed E-state index contributed by atoms with van der Waals surface area (Å²) in [5, 5.41) is 24.0. The van der Waals surface area contributed by atoms with E-state index in [-0.39, 0.29) is 25.5 Å². The smallest absolute Gasteiger partial charge is 0.266 e. The van der Waals surface area contributed by atoms with E-state index in [0.29, 0.717) is 48.4 Å². The number of aliphatic hydroxyl groups is 2. The fraction of sp³-hybridized carbons (Fsp3) is 0.394. The predicted molar refractivity (Wildman–Crippen MR) is 174 cm³/mol. The van der Waals surface area contributed by atoms with Crippen LogP contribution in [0.2, 0.25) is 0 Å². The van der Waals surface area contributed by atoms with Crippen LogP contribution in [0, 0.1) is 0 Å². The van der Waals surface area contributed by atoms with Crippen molar-refractivity contribution in [2.24, 2.45) is 10.1 Å². The van der Waals surface area contributed by atoms with E-state index in [9.17, 15) is 15.4 Å². The lowest BCUT2D eigenvalue weighted by atomic mass is 9.81. The van der Waals surface area contributed by atoms with Gasteiger partial charge in [-0.25, -0.2) is 10.4 Å². The third-order valence-corrected chi connectivity index (χ3v) is 9.00. The molecule has 1 aliphatic heterocycles. The highest BCUT2D eigenvalue weighted by atomic mass is 79.9. The van der Waals surface area contributed by atoms with Crippen LogP contribution in [-0.2, 0) is 16.0 Å². The number of carbonyl (C=O) groups excluding carboxylic acids is 1. The maximum atomic E-state index is 14.5. The molecule has 1 heterocycles. The van der Waals surface area contributed by atoms with Gasteiger partial charge in [0.2, 0.25) is 5.90 Å². The maximum Gasteiger partial charge on any atom is 0.266 e. The van der Waals surface area contributed by atoms with E-state index < -0.39 is 23.2 Å². The van der Waals surface area contributed by atoms with E-state index in [0.717, 1.165) is 29.3 Å². The first-order valence-electron chi connectivity index (χ1n) is 15.1. The summed E-state index contributed by atoms with van der Waals surface area (Å²) < 4.78 is 13.1. The molecule has 0 bridgehead atoms. The normalized spacial score (nSPS) is 20.4. The average molecular weight is 678 g/mol. The Bertz CT molecular complexity index is 1560. The van der Waals surface area contributed by atoms with Crippen molar-refractivity contribution >= 4 is 33.4 Å². The fourth-order valence-electron chi connectivity index (χ4n) is 5.82. The zero-order chi connectivity index (χ0) is 31.7. The zero-order valence-electron chi connectivity index (χ0n) is 24.9. The molecule has 0 aromatic heterocycles. The summed E-state index contributed by atoms with van der Waals surface area (Å²) in [5.41, 5.74) is 15.0. The Hall–Kier alpha value is -3.93. The van der Waals surface area contributed by atoms with Gasteiger partial charge in [0.25, 0.3) is 5.91 Å². The van der Waals surface area contributed by atoms with Crippen molar-refractivity contribution < 1.29 is 24.5 Å². The Balaban J connectivity index is 1.56. The highest BCUT2D eigenvalue weighted by Gasteiger charge is 2.54. The average Bonchev–Trinajstić information content (AvgIpc) is 3.43. The number of aliphatic hydroxyl groups excluding tert-OH is 1. The Morgan fingerprint density at radius 1 is 1.09 bits per heavy atom. The zero-order valence-corrected chi connectivity index (χ0v) is 26.4. The van der Waals surface area contributed by atoms with Crippen LogP contribution >= 0.6 is 15.9 Å². The maximum absolute atomic E-state index is 14.5. The molecule has 2 aliphatic rings. The first-order chi connectivity index (χ1) is 21.9. The quantitative estimate of drug-likeness (QED) is 0.0574. The van der Waals surface area contributed by atoms with Crippen LogP contribution in [0.1, 0.15) is 61.3 Å². The number of carbonyl (C=O) groups is 1. The minimum atomic E-state index is -1.54. The van der Waals surface area contributed by atoms with Crippen molar-refractivity contribution in [1.29, 1.82) is 0 Å². The molecule has 4 N–H and O–H groups in total. The second-order valence-corrected chi connectivity index (χ2v) is 12.3. The molecular weight excluding hydrogens is 640 g/mol. The number of aliphatic imine (C=N–C) groups is 1. The molecule has 0 saturated heterocycles. The number of nitrogens with one attached hydrogen (secondary N) is 2. The van der Waals surface area contributed by atoms with Gasteiger partial charge < -0.3 is 19.7 Å². The number of amides is 1. The molecular formula is C33H37BrN6O5. The second kappa shape index (κ2) is 14.9. The number of azide groups is 1. The van der Waals surface area contributed by atoms with E-state index in [2.05, 4.69) is 36.8 Å². The highest BCUT2D eigenvalue weighted by molar-refractivity contribution is 9.10. The van der Waals surface area contributed by atoms with Crippen LogP contribution < -0.4 is 15.6 Å². The van der Waals surface area contributed by atoms with Crippen molar-refractivity contribution in [2.75, 3.05) is 19.8 Å². The summed E-state index contributed by atoms with van der Waals surface area (Å²) in [4.78, 5) is 22.5. The largest absolute Gasteiger partial charge is 0.494 e. The third-order valence-electron chi connectivity index (χ3n) is 8.22. The van der Waals surface area contributed by atoms with Crippen LogP contribution in [0.3, 0.4) is 0 Å². The Morgan fingerprint density at radius 2 is 1.82 bits per heavy atom. The summed E-state index contributed by atoms with van der Waals surface area (Å²) in [7, 11) is 0. The summed E-state index contributed by atoms with van der Waals surface area (Å²) in [6.07, 6.45) is 3.96. The van der Waals surface area contributed by atoms with Crippen LogP contribution in [0.4, 0.5) is 5.69 Å². The van der Waals surface area contributed by atoms with E-state index in [4.69, 9.17) is 19.6 Å². The van der Waals surface area contributed by atoms with Crippen molar-refractivity contribution in [3.05, 3.63) is 104 Å². The number of rotatable bonds is 13. The lowest BCUT2D eigenvalue weighted by Crippen LogP contribution is -2.56. The number of hydrazine groups is 1. The van der Waals surface area contributed by atoms with Gasteiger partial charge in [0.05, 0.1) is 12.2 Å². The molecule has 0 unspecified atom stereocenters. The fourth-order valence-corrected chi connectivity index (χ4v) is 6.25. The van der Waals surface area contributed by atoms with Crippen molar-refractivity contribution in [3.63, 3.8) is 0 Å². The summed E-state index contributed by atoms with van der Waals surface area (Å²) in [5.74, 6) is 0.404. The van der Waals surface area contributed by atoms with Crippen molar-refractivity contribution in [3.8, 4) is 5.75 Å². The topological polar surface area (TPSA) is 161 Å². The van der Waals surface area contributed by atoms with Crippen molar-refractivity contribution in [1.82, 2.24) is 10.9 Å². The van der Waals surface area contributed by atoms with Crippen LogP contribution in [0.15, 0.2) is 87.4 Å². The summed E-state index contributed by atoms with van der Waals surface area (Å²) in [6.45, 7) is 0.610. The van der Waals surface area contributed by atoms with E-state index in [1.165, 1.54) is 0 Å². The number of halogens is 1. The minimum absolute atomic E-state index is 0.0389. The first kappa shape index (κ1) is 32.5. The lowest BCUT2D eigenvalue weighted by molar-refractivity contribution is -0.130. The van der Waals surface area contributed by atoms with E-state index in [1.807, 2.05) is 24.3 Å². The Kier molecular flexibility index (Phi) is 10.7. The van der Waals surface area contributed by atoms with Crippen LogP contribution in [0.5, 0.6) is 5.75 Å². The molecule has 5 rings (SSSR count). The molecule has 0 radical (unpaired) electrons. The number of nitrogens with zero attached hydrogens (tertiary/aromatic N) is 4. The minimum Gasteiger partial charge on any atom is -0.494 e. The van der Waals surface area contributed by atoms with Gasteiger partial charge in [-0.3, -0.25) is 10.2 Å². The summed E-state index contributed by atoms with van der Waals surface area (Å²) >= 11 is 3.63.